The minimum atomic E-state index is -3.33. The number of aryl methyl sites for hydroxylation is 1. The number of rotatable bonds is 5. The molecule has 1 N–H and O–H groups in total. The van der Waals surface area contributed by atoms with Crippen LogP contribution in [0.2, 0.25) is 0 Å². The first-order valence-electron chi connectivity index (χ1n) is 4.62. The SMILES string of the molecule is CC(C)NS(=O)(=O)c1ccc(CCCl)s1. The van der Waals surface area contributed by atoms with E-state index in [-0.39, 0.29) is 6.04 Å². The van der Waals surface area contributed by atoms with Crippen molar-refractivity contribution in [2.24, 2.45) is 0 Å². The normalized spacial score (nSPS) is 12.3. The molecule has 1 rings (SSSR count). The minimum absolute atomic E-state index is 0.0893. The van der Waals surface area contributed by atoms with E-state index in [0.717, 1.165) is 4.88 Å². The van der Waals surface area contributed by atoms with Crippen molar-refractivity contribution in [2.75, 3.05) is 5.88 Å². The van der Waals surface area contributed by atoms with Crippen molar-refractivity contribution in [3.05, 3.63) is 17.0 Å². The summed E-state index contributed by atoms with van der Waals surface area (Å²) in [6.07, 6.45) is 0.712. The molecule has 0 radical (unpaired) electrons. The highest BCUT2D eigenvalue weighted by atomic mass is 35.5. The third-order valence-electron chi connectivity index (χ3n) is 1.63. The van der Waals surface area contributed by atoms with Crippen LogP contribution in [0.3, 0.4) is 0 Å². The molecule has 0 fully saturated rings. The molecular weight excluding hydrogens is 254 g/mol. The van der Waals surface area contributed by atoms with Crippen LogP contribution in [0.25, 0.3) is 0 Å². The number of hydrogen-bond donors (Lipinski definition) is 1. The molecule has 1 aromatic heterocycles. The van der Waals surface area contributed by atoms with Crippen molar-refractivity contribution < 1.29 is 8.42 Å². The average molecular weight is 268 g/mol. The third-order valence-corrected chi connectivity index (χ3v) is 5.12. The van der Waals surface area contributed by atoms with Gasteiger partial charge in [0.2, 0.25) is 10.0 Å². The van der Waals surface area contributed by atoms with E-state index in [1.165, 1.54) is 11.3 Å². The zero-order valence-electron chi connectivity index (χ0n) is 8.66. The van der Waals surface area contributed by atoms with Crippen LogP contribution in [0.15, 0.2) is 16.3 Å². The molecule has 0 atom stereocenters. The maximum absolute atomic E-state index is 11.7. The lowest BCUT2D eigenvalue weighted by molar-refractivity contribution is 0.572. The van der Waals surface area contributed by atoms with Crippen LogP contribution >= 0.6 is 22.9 Å². The summed E-state index contributed by atoms with van der Waals surface area (Å²) in [6, 6.07) is 3.34. The summed E-state index contributed by atoms with van der Waals surface area (Å²) in [5.41, 5.74) is 0. The zero-order valence-corrected chi connectivity index (χ0v) is 11.0. The monoisotopic (exact) mass is 267 g/mol. The Hall–Kier alpha value is -0.100. The van der Waals surface area contributed by atoms with Gasteiger partial charge in [0, 0.05) is 16.8 Å². The third kappa shape index (κ3) is 3.75. The Morgan fingerprint density at radius 1 is 1.47 bits per heavy atom. The minimum Gasteiger partial charge on any atom is -0.208 e. The fourth-order valence-electron chi connectivity index (χ4n) is 1.10. The van der Waals surface area contributed by atoms with Crippen molar-refractivity contribution in [1.82, 2.24) is 4.72 Å². The maximum Gasteiger partial charge on any atom is 0.250 e. The van der Waals surface area contributed by atoms with Gasteiger partial charge in [-0.15, -0.1) is 22.9 Å². The molecule has 0 aliphatic heterocycles. The molecular formula is C9H14ClNO2S2. The Morgan fingerprint density at radius 2 is 2.13 bits per heavy atom. The van der Waals surface area contributed by atoms with Gasteiger partial charge >= 0.3 is 0 Å². The Kier molecular flexibility index (Phi) is 4.58. The van der Waals surface area contributed by atoms with Gasteiger partial charge in [-0.3, -0.25) is 0 Å². The topological polar surface area (TPSA) is 46.2 Å². The largest absolute Gasteiger partial charge is 0.250 e. The van der Waals surface area contributed by atoms with Gasteiger partial charge in [-0.25, -0.2) is 13.1 Å². The van der Waals surface area contributed by atoms with Gasteiger partial charge in [0.25, 0.3) is 0 Å². The van der Waals surface area contributed by atoms with Crippen LogP contribution in [-0.4, -0.2) is 20.3 Å². The van der Waals surface area contributed by atoms with Crippen LogP contribution in [0.1, 0.15) is 18.7 Å². The summed E-state index contributed by atoms with van der Waals surface area (Å²) in [4.78, 5) is 0.995. The van der Waals surface area contributed by atoms with Gasteiger partial charge < -0.3 is 0 Å². The number of sulfonamides is 1. The molecule has 6 heteroatoms. The molecule has 0 saturated carbocycles. The number of alkyl halides is 1. The summed E-state index contributed by atoms with van der Waals surface area (Å²) >= 11 is 6.86. The van der Waals surface area contributed by atoms with Crippen molar-refractivity contribution >= 4 is 33.0 Å². The Bertz CT molecular complexity index is 412. The van der Waals surface area contributed by atoms with E-state index in [0.29, 0.717) is 16.5 Å². The molecule has 1 aromatic rings. The molecule has 0 spiro atoms. The predicted molar refractivity (Wildman–Crippen MR) is 64.2 cm³/mol. The van der Waals surface area contributed by atoms with Crippen LogP contribution in [0.4, 0.5) is 0 Å². The highest BCUT2D eigenvalue weighted by Crippen LogP contribution is 2.22. The zero-order chi connectivity index (χ0) is 11.5. The van der Waals surface area contributed by atoms with Crippen molar-refractivity contribution in [1.29, 1.82) is 0 Å². The maximum atomic E-state index is 11.7. The van der Waals surface area contributed by atoms with Crippen molar-refractivity contribution in [3.8, 4) is 0 Å². The first-order valence-corrected chi connectivity index (χ1v) is 7.46. The first-order chi connectivity index (χ1) is 6.95. The van der Waals surface area contributed by atoms with E-state index in [4.69, 9.17) is 11.6 Å². The molecule has 1 heterocycles. The molecule has 86 valence electrons. The van der Waals surface area contributed by atoms with Gasteiger partial charge in [0.05, 0.1) is 0 Å². The molecule has 0 amide bonds. The fraction of sp³-hybridized carbons (Fsp3) is 0.556. The summed E-state index contributed by atoms with van der Waals surface area (Å²) in [5.74, 6) is 0.512. The molecule has 0 aromatic carbocycles. The van der Waals surface area contributed by atoms with E-state index >= 15 is 0 Å². The second kappa shape index (κ2) is 5.30. The van der Waals surface area contributed by atoms with Gasteiger partial charge in [-0.1, -0.05) is 0 Å². The number of hydrogen-bond acceptors (Lipinski definition) is 3. The predicted octanol–water partition coefficient (Wildman–Crippen LogP) is 2.22. The Labute approximate surface area is 99.5 Å². The standard InChI is InChI=1S/C9H14ClNO2S2/c1-7(2)11-15(12,13)9-4-3-8(14-9)5-6-10/h3-4,7,11H,5-6H2,1-2H3. The molecule has 0 aliphatic carbocycles. The second-order valence-electron chi connectivity index (χ2n) is 3.44. The lowest BCUT2D eigenvalue weighted by Gasteiger charge is -2.06. The summed E-state index contributed by atoms with van der Waals surface area (Å²) < 4.78 is 26.4. The summed E-state index contributed by atoms with van der Waals surface area (Å²) in [5, 5.41) is 0. The molecule has 0 bridgehead atoms. The Balaban J connectivity index is 2.86. The highest BCUT2D eigenvalue weighted by Gasteiger charge is 2.17. The fourth-order valence-corrected chi connectivity index (χ4v) is 4.04. The van der Waals surface area contributed by atoms with Gasteiger partial charge in [-0.2, -0.15) is 0 Å². The number of thiophene rings is 1. The van der Waals surface area contributed by atoms with Crippen LogP contribution in [0, 0.1) is 0 Å². The van der Waals surface area contributed by atoms with Crippen molar-refractivity contribution in [3.63, 3.8) is 0 Å². The van der Waals surface area contributed by atoms with E-state index in [1.54, 1.807) is 19.9 Å². The number of nitrogens with one attached hydrogen (secondary N) is 1. The lowest BCUT2D eigenvalue weighted by Crippen LogP contribution is -2.29. The molecule has 15 heavy (non-hydrogen) atoms. The summed E-state index contributed by atoms with van der Waals surface area (Å²) in [6.45, 7) is 3.59. The average Bonchev–Trinajstić information content (AvgIpc) is 2.51. The van der Waals surface area contributed by atoms with Gasteiger partial charge in [0.1, 0.15) is 4.21 Å². The number of halogens is 1. The van der Waals surface area contributed by atoms with E-state index in [2.05, 4.69) is 4.72 Å². The van der Waals surface area contributed by atoms with Crippen molar-refractivity contribution in [2.45, 2.75) is 30.5 Å². The molecule has 0 saturated heterocycles. The smallest absolute Gasteiger partial charge is 0.208 e. The van der Waals surface area contributed by atoms with Gasteiger partial charge in [0.15, 0.2) is 0 Å². The Morgan fingerprint density at radius 3 is 2.67 bits per heavy atom. The van der Waals surface area contributed by atoms with E-state index in [1.807, 2.05) is 6.07 Å². The van der Waals surface area contributed by atoms with Crippen LogP contribution in [0.5, 0.6) is 0 Å². The van der Waals surface area contributed by atoms with Crippen LogP contribution < -0.4 is 4.72 Å². The first kappa shape index (κ1) is 13.0. The quantitative estimate of drug-likeness (QED) is 0.832. The van der Waals surface area contributed by atoms with E-state index < -0.39 is 10.0 Å². The summed E-state index contributed by atoms with van der Waals surface area (Å²) in [7, 11) is -3.33. The molecule has 0 unspecified atom stereocenters. The van der Waals surface area contributed by atoms with Gasteiger partial charge in [-0.05, 0) is 32.4 Å². The van der Waals surface area contributed by atoms with E-state index in [9.17, 15) is 8.42 Å². The molecule has 3 nitrogen and oxygen atoms in total. The van der Waals surface area contributed by atoms with Crippen LogP contribution in [-0.2, 0) is 16.4 Å². The molecule has 0 aliphatic rings. The highest BCUT2D eigenvalue weighted by molar-refractivity contribution is 7.91. The second-order valence-corrected chi connectivity index (χ2v) is 6.92. The lowest BCUT2D eigenvalue weighted by atomic mass is 10.4.